The minimum atomic E-state index is 0.612. The zero-order valence-electron chi connectivity index (χ0n) is 25.8. The Morgan fingerprint density at radius 2 is 0.917 bits per heavy atom. The van der Waals surface area contributed by atoms with Gasteiger partial charge in [-0.3, -0.25) is 0 Å². The van der Waals surface area contributed by atoms with Gasteiger partial charge in [-0.15, -0.1) is 0 Å². The standard InChI is InChI=1S/C44H26N4/c45-27-30-11-9-17-36(35-15-3-7-20-40(35)48-41-21-8-4-16-37(41)44-31(28-46)12-10-22-42(44)48)43(30)29-23-25-32(26-24-29)47-38-18-5-1-13-33(38)34-14-2-6-19-39(34)47/h1-26H. The minimum absolute atomic E-state index is 0.612. The summed E-state index contributed by atoms with van der Waals surface area (Å²) >= 11 is 0. The summed E-state index contributed by atoms with van der Waals surface area (Å²) in [6, 6.07) is 58.8. The molecule has 0 spiro atoms. The van der Waals surface area contributed by atoms with E-state index in [0.717, 1.165) is 66.5 Å². The molecule has 0 fully saturated rings. The topological polar surface area (TPSA) is 57.4 Å². The molecule has 0 aliphatic heterocycles. The lowest BCUT2D eigenvalue weighted by molar-refractivity contribution is 1.18. The van der Waals surface area contributed by atoms with Gasteiger partial charge in [0, 0.05) is 38.4 Å². The maximum absolute atomic E-state index is 10.4. The van der Waals surface area contributed by atoms with E-state index in [-0.39, 0.29) is 0 Å². The van der Waals surface area contributed by atoms with E-state index in [4.69, 9.17) is 0 Å². The van der Waals surface area contributed by atoms with Crippen molar-refractivity contribution in [1.29, 1.82) is 10.5 Å². The fourth-order valence-electron chi connectivity index (χ4n) is 7.43. The van der Waals surface area contributed by atoms with Gasteiger partial charge in [0.15, 0.2) is 0 Å². The number of fused-ring (bicyclic) bond motifs is 6. The predicted molar refractivity (Wildman–Crippen MR) is 195 cm³/mol. The maximum Gasteiger partial charge on any atom is 0.0998 e. The fraction of sp³-hybridized carbons (Fsp3) is 0. The molecule has 222 valence electrons. The Morgan fingerprint density at radius 3 is 1.60 bits per heavy atom. The summed E-state index contributed by atoms with van der Waals surface area (Å²) in [5.41, 5.74) is 11.4. The molecule has 48 heavy (non-hydrogen) atoms. The highest BCUT2D eigenvalue weighted by Gasteiger charge is 2.20. The first kappa shape index (κ1) is 27.4. The van der Waals surface area contributed by atoms with Crippen LogP contribution in [0.3, 0.4) is 0 Å². The molecule has 0 radical (unpaired) electrons. The molecular weight excluding hydrogens is 585 g/mol. The SMILES string of the molecule is N#Cc1cccc(-c2ccccc2-n2c3ccccc3c3c(C#N)cccc32)c1-c1ccc(-n2c3ccccc3c3ccccc32)cc1. The van der Waals surface area contributed by atoms with Crippen LogP contribution in [0.15, 0.2) is 158 Å². The van der Waals surface area contributed by atoms with Gasteiger partial charge in [0.2, 0.25) is 0 Å². The molecule has 0 unspecified atom stereocenters. The molecule has 2 heterocycles. The number of rotatable bonds is 4. The molecule has 0 bridgehead atoms. The Labute approximate surface area is 277 Å². The average molecular weight is 611 g/mol. The predicted octanol–water partition coefficient (Wildman–Crippen LogP) is 11.0. The first-order chi connectivity index (χ1) is 23.8. The summed E-state index contributed by atoms with van der Waals surface area (Å²) in [4.78, 5) is 0. The third-order valence-electron chi connectivity index (χ3n) is 9.43. The molecule has 2 aromatic heterocycles. The Kier molecular flexibility index (Phi) is 6.22. The molecule has 0 atom stereocenters. The van der Waals surface area contributed by atoms with Crippen molar-refractivity contribution in [1.82, 2.24) is 9.13 Å². The molecule has 0 aliphatic carbocycles. The van der Waals surface area contributed by atoms with E-state index in [0.29, 0.717) is 11.1 Å². The molecule has 0 amide bonds. The zero-order chi connectivity index (χ0) is 32.2. The summed E-state index contributed by atoms with van der Waals surface area (Å²) in [6.07, 6.45) is 0. The first-order valence-corrected chi connectivity index (χ1v) is 15.9. The van der Waals surface area contributed by atoms with Crippen molar-refractivity contribution in [3.05, 3.63) is 169 Å². The van der Waals surface area contributed by atoms with E-state index in [2.05, 4.69) is 130 Å². The second-order valence-corrected chi connectivity index (χ2v) is 11.9. The summed E-state index contributed by atoms with van der Waals surface area (Å²) in [5.74, 6) is 0. The van der Waals surface area contributed by atoms with Crippen molar-refractivity contribution >= 4 is 43.6 Å². The van der Waals surface area contributed by atoms with Crippen LogP contribution in [0.25, 0.3) is 77.2 Å². The van der Waals surface area contributed by atoms with Crippen molar-refractivity contribution in [3.63, 3.8) is 0 Å². The summed E-state index contributed by atoms with van der Waals surface area (Å²) < 4.78 is 4.55. The molecule has 0 saturated heterocycles. The zero-order valence-corrected chi connectivity index (χ0v) is 25.8. The molecule has 7 aromatic carbocycles. The Bertz CT molecular complexity index is 2750. The summed E-state index contributed by atoms with van der Waals surface area (Å²) in [6.45, 7) is 0. The molecule has 0 N–H and O–H groups in total. The third-order valence-corrected chi connectivity index (χ3v) is 9.43. The highest BCUT2D eigenvalue weighted by Crippen LogP contribution is 2.42. The van der Waals surface area contributed by atoms with E-state index in [9.17, 15) is 10.5 Å². The lowest BCUT2D eigenvalue weighted by Gasteiger charge is -2.18. The summed E-state index contributed by atoms with van der Waals surface area (Å²) in [5, 5.41) is 24.8. The van der Waals surface area contributed by atoms with Crippen molar-refractivity contribution in [2.75, 3.05) is 0 Å². The van der Waals surface area contributed by atoms with Crippen molar-refractivity contribution in [2.24, 2.45) is 0 Å². The average Bonchev–Trinajstić information content (AvgIpc) is 3.68. The Balaban J connectivity index is 1.26. The first-order valence-electron chi connectivity index (χ1n) is 15.9. The number of benzene rings is 7. The molecule has 4 nitrogen and oxygen atoms in total. The largest absolute Gasteiger partial charge is 0.309 e. The van der Waals surface area contributed by atoms with E-state index in [1.54, 1.807) is 0 Å². The maximum atomic E-state index is 10.4. The third kappa shape index (κ3) is 4.01. The monoisotopic (exact) mass is 610 g/mol. The molecule has 4 heteroatoms. The molecule has 0 aliphatic rings. The van der Waals surface area contributed by atoms with Crippen LogP contribution < -0.4 is 0 Å². The van der Waals surface area contributed by atoms with Gasteiger partial charge in [-0.05, 0) is 65.7 Å². The van der Waals surface area contributed by atoms with Gasteiger partial charge >= 0.3 is 0 Å². The van der Waals surface area contributed by atoms with Gasteiger partial charge in [0.05, 0.1) is 51.0 Å². The van der Waals surface area contributed by atoms with Gasteiger partial charge in [0.1, 0.15) is 0 Å². The minimum Gasteiger partial charge on any atom is -0.309 e. The molecule has 9 aromatic rings. The van der Waals surface area contributed by atoms with Crippen LogP contribution in [0.4, 0.5) is 0 Å². The van der Waals surface area contributed by atoms with Crippen molar-refractivity contribution in [3.8, 4) is 45.8 Å². The van der Waals surface area contributed by atoms with Crippen LogP contribution in [-0.2, 0) is 0 Å². The van der Waals surface area contributed by atoms with E-state index in [1.165, 1.54) is 10.8 Å². The van der Waals surface area contributed by atoms with Gasteiger partial charge in [-0.25, -0.2) is 0 Å². The molecular formula is C44H26N4. The number of hydrogen-bond acceptors (Lipinski definition) is 2. The normalized spacial score (nSPS) is 11.3. The van der Waals surface area contributed by atoms with Crippen LogP contribution in [0.5, 0.6) is 0 Å². The van der Waals surface area contributed by atoms with Crippen LogP contribution in [-0.4, -0.2) is 9.13 Å². The number of aromatic nitrogens is 2. The fourth-order valence-corrected chi connectivity index (χ4v) is 7.43. The van der Waals surface area contributed by atoms with Crippen molar-refractivity contribution < 1.29 is 0 Å². The molecule has 0 saturated carbocycles. The summed E-state index contributed by atoms with van der Waals surface area (Å²) in [7, 11) is 0. The smallest absolute Gasteiger partial charge is 0.0998 e. The van der Waals surface area contributed by atoms with Crippen LogP contribution in [0.1, 0.15) is 11.1 Å². The van der Waals surface area contributed by atoms with E-state index < -0.39 is 0 Å². The Hall–Kier alpha value is -6.88. The van der Waals surface area contributed by atoms with E-state index >= 15 is 0 Å². The molecule has 9 rings (SSSR count). The number of nitrogens with zero attached hydrogens (tertiary/aromatic N) is 4. The number of hydrogen-bond donors (Lipinski definition) is 0. The van der Waals surface area contributed by atoms with Crippen LogP contribution in [0.2, 0.25) is 0 Å². The second-order valence-electron chi connectivity index (χ2n) is 11.9. The number of nitriles is 2. The van der Waals surface area contributed by atoms with E-state index in [1.807, 2.05) is 48.5 Å². The lowest BCUT2D eigenvalue weighted by atomic mass is 9.90. The highest BCUT2D eigenvalue weighted by atomic mass is 15.0. The van der Waals surface area contributed by atoms with Gasteiger partial charge < -0.3 is 9.13 Å². The van der Waals surface area contributed by atoms with Crippen LogP contribution in [0, 0.1) is 22.7 Å². The number of para-hydroxylation sites is 4. The van der Waals surface area contributed by atoms with Gasteiger partial charge in [0.25, 0.3) is 0 Å². The van der Waals surface area contributed by atoms with Gasteiger partial charge in [-0.2, -0.15) is 10.5 Å². The van der Waals surface area contributed by atoms with Crippen LogP contribution >= 0.6 is 0 Å². The second kappa shape index (κ2) is 10.9. The van der Waals surface area contributed by atoms with Gasteiger partial charge in [-0.1, -0.05) is 103 Å². The Morgan fingerprint density at radius 1 is 0.396 bits per heavy atom. The quantitative estimate of drug-likeness (QED) is 0.199. The lowest BCUT2D eigenvalue weighted by Crippen LogP contribution is -1.99. The highest BCUT2D eigenvalue weighted by molar-refractivity contribution is 6.12. The van der Waals surface area contributed by atoms with Crippen molar-refractivity contribution in [2.45, 2.75) is 0 Å².